The van der Waals surface area contributed by atoms with Crippen molar-refractivity contribution < 1.29 is 4.79 Å². The molecule has 1 aliphatic rings. The number of anilines is 3. The lowest BCUT2D eigenvalue weighted by Crippen LogP contribution is -2.42. The van der Waals surface area contributed by atoms with Crippen molar-refractivity contribution in [2.45, 2.75) is 13.5 Å². The van der Waals surface area contributed by atoms with Crippen molar-refractivity contribution in [1.29, 1.82) is 0 Å². The molecule has 0 bridgehead atoms. The number of rotatable bonds is 7. The van der Waals surface area contributed by atoms with Gasteiger partial charge in [-0.2, -0.15) is 0 Å². The minimum Gasteiger partial charge on any atom is -0.329 e. The van der Waals surface area contributed by atoms with E-state index in [1.165, 1.54) is 24.2 Å². The Kier molecular flexibility index (Phi) is 9.07. The van der Waals surface area contributed by atoms with E-state index in [2.05, 4.69) is 67.0 Å². The van der Waals surface area contributed by atoms with Crippen LogP contribution in [0.4, 0.5) is 17.3 Å². The van der Waals surface area contributed by atoms with Gasteiger partial charge in [-0.05, 0) is 48.9 Å². The lowest BCUT2D eigenvalue weighted by Gasteiger charge is -2.27. The summed E-state index contributed by atoms with van der Waals surface area (Å²) in [6.45, 7) is 7.84. The van der Waals surface area contributed by atoms with E-state index in [1.807, 2.05) is 30.3 Å². The first-order valence-corrected chi connectivity index (χ1v) is 12.0. The molecule has 3 heterocycles. The molecule has 1 fully saturated rings. The smallest absolute Gasteiger partial charge is 0.227 e. The number of piperazine rings is 1. The lowest BCUT2D eigenvalue weighted by molar-refractivity contribution is -0.105. The molecule has 0 unspecified atom stereocenters. The van der Waals surface area contributed by atoms with Crippen LogP contribution in [0.1, 0.15) is 11.1 Å². The molecular weight excluding hydrogens is 450 g/mol. The van der Waals surface area contributed by atoms with E-state index in [1.54, 1.807) is 30.7 Å². The lowest BCUT2D eigenvalue weighted by atomic mass is 10.1. The van der Waals surface area contributed by atoms with Gasteiger partial charge in [0.2, 0.25) is 12.4 Å². The fourth-order valence-electron chi connectivity index (χ4n) is 3.80. The summed E-state index contributed by atoms with van der Waals surface area (Å²) in [5.74, 6) is 0.476. The molecule has 4 aromatic rings. The second-order valence-corrected chi connectivity index (χ2v) is 8.49. The Morgan fingerprint density at radius 3 is 2.53 bits per heavy atom. The second kappa shape index (κ2) is 13.1. The van der Waals surface area contributed by atoms with Gasteiger partial charge in [0.05, 0.1) is 5.69 Å². The Morgan fingerprint density at radius 2 is 1.78 bits per heavy atom. The SMILES string of the molecule is Cc1ccc(CN2CCNCC2)cc1.O=CNc1cccc(Nc2nccc(-c3cccnc3)n2)c1. The first-order valence-electron chi connectivity index (χ1n) is 12.0. The van der Waals surface area contributed by atoms with E-state index in [4.69, 9.17) is 0 Å². The summed E-state index contributed by atoms with van der Waals surface area (Å²) in [6.07, 6.45) is 5.79. The Balaban J connectivity index is 0.000000187. The van der Waals surface area contributed by atoms with Crippen LogP contribution in [0.3, 0.4) is 0 Å². The second-order valence-electron chi connectivity index (χ2n) is 8.49. The van der Waals surface area contributed by atoms with Crippen LogP contribution in [0.25, 0.3) is 11.3 Å². The number of nitrogens with zero attached hydrogens (tertiary/aromatic N) is 4. The number of benzene rings is 2. The molecule has 0 radical (unpaired) electrons. The van der Waals surface area contributed by atoms with Gasteiger partial charge in [-0.15, -0.1) is 0 Å². The molecule has 2 aromatic carbocycles. The van der Waals surface area contributed by atoms with E-state index in [-0.39, 0.29) is 0 Å². The predicted octanol–water partition coefficient (Wildman–Crippen LogP) is 4.25. The van der Waals surface area contributed by atoms with Gasteiger partial charge in [0.1, 0.15) is 0 Å². The minimum atomic E-state index is 0.476. The quantitative estimate of drug-likeness (QED) is 0.340. The van der Waals surface area contributed by atoms with Gasteiger partial charge in [0.25, 0.3) is 0 Å². The van der Waals surface area contributed by atoms with Gasteiger partial charge in [-0.25, -0.2) is 9.97 Å². The van der Waals surface area contributed by atoms with E-state index >= 15 is 0 Å². The summed E-state index contributed by atoms with van der Waals surface area (Å²) in [7, 11) is 0. The maximum Gasteiger partial charge on any atom is 0.227 e. The van der Waals surface area contributed by atoms with Gasteiger partial charge in [0, 0.05) is 68.3 Å². The Bertz CT molecular complexity index is 1230. The highest BCUT2D eigenvalue weighted by molar-refractivity contribution is 5.74. The molecule has 0 saturated carbocycles. The zero-order chi connectivity index (χ0) is 25.0. The van der Waals surface area contributed by atoms with Crippen LogP contribution < -0.4 is 16.0 Å². The maximum atomic E-state index is 10.5. The van der Waals surface area contributed by atoms with E-state index in [0.717, 1.165) is 36.6 Å². The summed E-state index contributed by atoms with van der Waals surface area (Å²) >= 11 is 0. The summed E-state index contributed by atoms with van der Waals surface area (Å²) in [5, 5.41) is 9.08. The van der Waals surface area contributed by atoms with E-state index in [0.29, 0.717) is 18.0 Å². The van der Waals surface area contributed by atoms with Gasteiger partial charge in [0.15, 0.2) is 0 Å². The standard InChI is InChI=1S/C16H13N5O.C12H18N2/c22-11-19-13-4-1-5-14(9-13)20-16-18-8-6-15(21-16)12-3-2-7-17-10-12;1-11-2-4-12(5-3-11)10-14-8-6-13-7-9-14/h1-11H,(H,19,22)(H,18,20,21);2-5,13H,6-10H2,1H3. The number of carbonyl (C=O) groups excluding carboxylic acids is 1. The zero-order valence-corrected chi connectivity index (χ0v) is 20.4. The van der Waals surface area contributed by atoms with Crippen molar-refractivity contribution in [1.82, 2.24) is 25.2 Å². The van der Waals surface area contributed by atoms with Crippen molar-refractivity contribution in [2.24, 2.45) is 0 Å². The maximum absolute atomic E-state index is 10.5. The Hall–Kier alpha value is -4.14. The number of carbonyl (C=O) groups is 1. The van der Waals surface area contributed by atoms with Crippen molar-refractivity contribution in [3.63, 3.8) is 0 Å². The van der Waals surface area contributed by atoms with Gasteiger partial charge in [-0.3, -0.25) is 14.7 Å². The van der Waals surface area contributed by atoms with Crippen LogP contribution in [0.15, 0.2) is 85.3 Å². The molecule has 3 N–H and O–H groups in total. The third-order valence-corrected chi connectivity index (χ3v) is 5.69. The number of hydrogen-bond acceptors (Lipinski definition) is 7. The number of nitrogens with one attached hydrogen (secondary N) is 3. The predicted molar refractivity (Wildman–Crippen MR) is 144 cm³/mol. The Morgan fingerprint density at radius 1 is 0.972 bits per heavy atom. The molecular formula is C28H31N7O. The number of aryl methyl sites for hydroxylation is 1. The van der Waals surface area contributed by atoms with Gasteiger partial charge >= 0.3 is 0 Å². The summed E-state index contributed by atoms with van der Waals surface area (Å²) in [4.78, 5) is 25.7. The van der Waals surface area contributed by atoms with E-state index in [9.17, 15) is 4.79 Å². The van der Waals surface area contributed by atoms with Crippen molar-refractivity contribution in [3.05, 3.63) is 96.4 Å². The highest BCUT2D eigenvalue weighted by atomic mass is 16.1. The molecule has 0 spiro atoms. The van der Waals surface area contributed by atoms with E-state index < -0.39 is 0 Å². The molecule has 1 amide bonds. The highest BCUT2D eigenvalue weighted by Gasteiger charge is 2.09. The Labute approximate surface area is 211 Å². The largest absolute Gasteiger partial charge is 0.329 e. The number of hydrogen-bond donors (Lipinski definition) is 3. The monoisotopic (exact) mass is 481 g/mol. The van der Waals surface area contributed by atoms with Crippen molar-refractivity contribution >= 4 is 23.7 Å². The molecule has 2 aromatic heterocycles. The molecule has 5 rings (SSSR count). The number of pyridine rings is 1. The van der Waals surface area contributed by atoms with Crippen LogP contribution in [0.5, 0.6) is 0 Å². The van der Waals surface area contributed by atoms with Gasteiger partial charge in [-0.1, -0.05) is 35.9 Å². The zero-order valence-electron chi connectivity index (χ0n) is 20.4. The third kappa shape index (κ3) is 7.69. The summed E-state index contributed by atoms with van der Waals surface area (Å²) < 4.78 is 0. The summed E-state index contributed by atoms with van der Waals surface area (Å²) in [6, 6.07) is 21.8. The molecule has 36 heavy (non-hydrogen) atoms. The number of aromatic nitrogens is 3. The van der Waals surface area contributed by atoms with Crippen LogP contribution in [0, 0.1) is 6.92 Å². The fourth-order valence-corrected chi connectivity index (χ4v) is 3.80. The topological polar surface area (TPSA) is 95.1 Å². The van der Waals surface area contributed by atoms with Gasteiger partial charge < -0.3 is 16.0 Å². The molecule has 1 saturated heterocycles. The highest BCUT2D eigenvalue weighted by Crippen LogP contribution is 2.20. The average Bonchev–Trinajstić information content (AvgIpc) is 2.92. The third-order valence-electron chi connectivity index (χ3n) is 5.69. The summed E-state index contributed by atoms with van der Waals surface area (Å²) in [5.41, 5.74) is 5.96. The van der Waals surface area contributed by atoms with Crippen LogP contribution in [-0.2, 0) is 11.3 Å². The van der Waals surface area contributed by atoms with Crippen LogP contribution in [-0.4, -0.2) is 52.4 Å². The van der Waals surface area contributed by atoms with Crippen LogP contribution >= 0.6 is 0 Å². The minimum absolute atomic E-state index is 0.476. The van der Waals surface area contributed by atoms with Crippen LogP contribution in [0.2, 0.25) is 0 Å². The first-order chi connectivity index (χ1) is 17.7. The van der Waals surface area contributed by atoms with Crippen molar-refractivity contribution in [2.75, 3.05) is 36.8 Å². The molecule has 184 valence electrons. The molecule has 8 heteroatoms. The normalized spacial score (nSPS) is 13.2. The molecule has 8 nitrogen and oxygen atoms in total. The average molecular weight is 482 g/mol. The number of amides is 1. The molecule has 0 aliphatic carbocycles. The fraction of sp³-hybridized carbons (Fsp3) is 0.214. The molecule has 1 aliphatic heterocycles. The van der Waals surface area contributed by atoms with Crippen molar-refractivity contribution in [3.8, 4) is 11.3 Å². The molecule has 0 atom stereocenters. The first kappa shape index (κ1) is 25.0.